The minimum absolute atomic E-state index is 0.234. The molecule has 2 fully saturated rings. The standard InChI is InChI=1S/C16H20O2/c1-2-15(17,12-13-8-4-3-5-9-13)16-11-7-6-10-14(16)18-16/h2-5,8-9,14,17H,1,6-7,10-12H2/t14-,15-,16+/m0/s1. The van der Waals surface area contributed by atoms with Gasteiger partial charge in [-0.2, -0.15) is 0 Å². The van der Waals surface area contributed by atoms with Crippen LogP contribution in [0.25, 0.3) is 0 Å². The first-order valence-corrected chi connectivity index (χ1v) is 6.78. The first-order chi connectivity index (χ1) is 8.70. The van der Waals surface area contributed by atoms with Crippen LogP contribution in [-0.2, 0) is 11.2 Å². The van der Waals surface area contributed by atoms with Gasteiger partial charge in [-0.15, -0.1) is 6.58 Å². The van der Waals surface area contributed by atoms with E-state index in [1.54, 1.807) is 6.08 Å². The Balaban J connectivity index is 1.84. The molecule has 0 amide bonds. The van der Waals surface area contributed by atoms with Crippen molar-refractivity contribution in [2.75, 3.05) is 0 Å². The molecule has 3 rings (SSSR count). The molecule has 1 aromatic carbocycles. The first-order valence-electron chi connectivity index (χ1n) is 6.78. The van der Waals surface area contributed by atoms with E-state index in [0.717, 1.165) is 24.8 Å². The summed E-state index contributed by atoms with van der Waals surface area (Å²) in [4.78, 5) is 0. The molecule has 1 saturated heterocycles. The topological polar surface area (TPSA) is 32.8 Å². The Morgan fingerprint density at radius 1 is 1.39 bits per heavy atom. The smallest absolute Gasteiger partial charge is 0.127 e. The quantitative estimate of drug-likeness (QED) is 0.652. The molecule has 2 nitrogen and oxygen atoms in total. The lowest BCUT2D eigenvalue weighted by Crippen LogP contribution is -2.48. The van der Waals surface area contributed by atoms with Gasteiger partial charge < -0.3 is 9.84 Å². The molecule has 2 aliphatic rings. The highest BCUT2D eigenvalue weighted by molar-refractivity contribution is 5.28. The second-order valence-electron chi connectivity index (χ2n) is 5.53. The van der Waals surface area contributed by atoms with E-state index in [1.807, 2.05) is 30.3 Å². The summed E-state index contributed by atoms with van der Waals surface area (Å²) in [6.45, 7) is 3.85. The van der Waals surface area contributed by atoms with E-state index >= 15 is 0 Å². The zero-order valence-electron chi connectivity index (χ0n) is 10.6. The molecular formula is C16H20O2. The molecule has 18 heavy (non-hydrogen) atoms. The predicted molar refractivity (Wildman–Crippen MR) is 71.4 cm³/mol. The number of epoxide rings is 1. The van der Waals surface area contributed by atoms with Crippen LogP contribution in [0.3, 0.4) is 0 Å². The first kappa shape index (κ1) is 11.9. The van der Waals surface area contributed by atoms with Gasteiger partial charge in [0.1, 0.15) is 11.2 Å². The van der Waals surface area contributed by atoms with Crippen molar-refractivity contribution < 1.29 is 9.84 Å². The van der Waals surface area contributed by atoms with Crippen molar-refractivity contribution in [3.63, 3.8) is 0 Å². The lowest BCUT2D eigenvalue weighted by molar-refractivity contribution is -0.00179. The van der Waals surface area contributed by atoms with Crippen LogP contribution in [0.4, 0.5) is 0 Å². The highest BCUT2D eigenvalue weighted by Gasteiger charge is 2.67. The summed E-state index contributed by atoms with van der Waals surface area (Å²) in [6.07, 6.45) is 6.89. The van der Waals surface area contributed by atoms with Gasteiger partial charge in [-0.1, -0.05) is 49.2 Å². The minimum atomic E-state index is -0.931. The van der Waals surface area contributed by atoms with E-state index in [1.165, 1.54) is 6.42 Å². The zero-order valence-corrected chi connectivity index (χ0v) is 10.6. The van der Waals surface area contributed by atoms with Crippen molar-refractivity contribution in [3.05, 3.63) is 48.6 Å². The van der Waals surface area contributed by atoms with E-state index in [0.29, 0.717) is 6.42 Å². The maximum absolute atomic E-state index is 11.0. The Morgan fingerprint density at radius 2 is 2.17 bits per heavy atom. The van der Waals surface area contributed by atoms with E-state index in [2.05, 4.69) is 6.58 Å². The normalized spacial score (nSPS) is 33.3. The number of aliphatic hydroxyl groups is 1. The van der Waals surface area contributed by atoms with Crippen LogP contribution in [0.1, 0.15) is 31.2 Å². The lowest BCUT2D eigenvalue weighted by atomic mass is 9.73. The van der Waals surface area contributed by atoms with Gasteiger partial charge in [0.05, 0.1) is 6.10 Å². The van der Waals surface area contributed by atoms with Crippen LogP contribution < -0.4 is 0 Å². The van der Waals surface area contributed by atoms with Crippen LogP contribution in [0.2, 0.25) is 0 Å². The fourth-order valence-corrected chi connectivity index (χ4v) is 3.35. The van der Waals surface area contributed by atoms with Crippen molar-refractivity contribution in [1.29, 1.82) is 0 Å². The summed E-state index contributed by atoms with van der Waals surface area (Å²) < 4.78 is 5.87. The van der Waals surface area contributed by atoms with E-state index in [9.17, 15) is 5.11 Å². The van der Waals surface area contributed by atoms with Crippen LogP contribution >= 0.6 is 0 Å². The van der Waals surface area contributed by atoms with Gasteiger partial charge in [-0.05, 0) is 18.4 Å². The van der Waals surface area contributed by atoms with Gasteiger partial charge >= 0.3 is 0 Å². The van der Waals surface area contributed by atoms with Gasteiger partial charge in [0, 0.05) is 6.42 Å². The summed E-state index contributed by atoms with van der Waals surface area (Å²) in [5.74, 6) is 0. The Labute approximate surface area is 108 Å². The lowest BCUT2D eigenvalue weighted by Gasteiger charge is -2.34. The molecule has 0 spiro atoms. The Morgan fingerprint density at radius 3 is 2.83 bits per heavy atom. The summed E-state index contributed by atoms with van der Waals surface area (Å²) in [5.41, 5.74) is -0.156. The molecule has 3 atom stereocenters. The highest BCUT2D eigenvalue weighted by atomic mass is 16.6. The van der Waals surface area contributed by atoms with Crippen molar-refractivity contribution in [2.24, 2.45) is 0 Å². The second-order valence-corrected chi connectivity index (χ2v) is 5.53. The fraction of sp³-hybridized carbons (Fsp3) is 0.500. The molecular weight excluding hydrogens is 224 g/mol. The second kappa shape index (κ2) is 4.22. The molecule has 1 N–H and O–H groups in total. The molecule has 1 saturated carbocycles. The molecule has 0 radical (unpaired) electrons. The van der Waals surface area contributed by atoms with E-state index < -0.39 is 5.60 Å². The molecule has 1 aliphatic heterocycles. The molecule has 0 unspecified atom stereocenters. The van der Waals surface area contributed by atoms with Crippen LogP contribution in [0.15, 0.2) is 43.0 Å². The summed E-state index contributed by atoms with van der Waals surface area (Å²) in [6, 6.07) is 10.1. The summed E-state index contributed by atoms with van der Waals surface area (Å²) in [5, 5.41) is 11.0. The number of benzene rings is 1. The number of hydrogen-bond acceptors (Lipinski definition) is 2. The number of ether oxygens (including phenoxy) is 1. The fourth-order valence-electron chi connectivity index (χ4n) is 3.35. The molecule has 1 aromatic rings. The highest BCUT2D eigenvalue weighted by Crippen LogP contribution is 2.55. The maximum Gasteiger partial charge on any atom is 0.127 e. The average molecular weight is 244 g/mol. The largest absolute Gasteiger partial charge is 0.382 e. The average Bonchev–Trinajstić information content (AvgIpc) is 3.16. The van der Waals surface area contributed by atoms with Crippen molar-refractivity contribution in [2.45, 2.75) is 49.4 Å². The van der Waals surface area contributed by atoms with E-state index in [-0.39, 0.29) is 11.7 Å². The maximum atomic E-state index is 11.0. The summed E-state index contributed by atoms with van der Waals surface area (Å²) in [7, 11) is 0. The van der Waals surface area contributed by atoms with Crippen molar-refractivity contribution in [3.8, 4) is 0 Å². The van der Waals surface area contributed by atoms with E-state index in [4.69, 9.17) is 4.74 Å². The van der Waals surface area contributed by atoms with Gasteiger partial charge in [-0.3, -0.25) is 0 Å². The summed E-state index contributed by atoms with van der Waals surface area (Å²) >= 11 is 0. The molecule has 1 heterocycles. The van der Waals surface area contributed by atoms with Gasteiger partial charge in [-0.25, -0.2) is 0 Å². The molecule has 2 heteroatoms. The van der Waals surface area contributed by atoms with Crippen molar-refractivity contribution in [1.82, 2.24) is 0 Å². The van der Waals surface area contributed by atoms with Crippen LogP contribution in [0, 0.1) is 0 Å². The third-order valence-electron chi connectivity index (χ3n) is 4.47. The zero-order chi connectivity index (χ0) is 12.6. The van der Waals surface area contributed by atoms with Gasteiger partial charge in [0.2, 0.25) is 0 Å². The third kappa shape index (κ3) is 1.72. The van der Waals surface area contributed by atoms with Crippen LogP contribution in [-0.4, -0.2) is 22.4 Å². The number of fused-ring (bicyclic) bond motifs is 1. The van der Waals surface area contributed by atoms with Crippen molar-refractivity contribution >= 4 is 0 Å². The molecule has 0 aromatic heterocycles. The Bertz CT molecular complexity index is 442. The minimum Gasteiger partial charge on any atom is -0.382 e. The Hall–Kier alpha value is -1.12. The monoisotopic (exact) mass is 244 g/mol. The molecule has 0 bridgehead atoms. The van der Waals surface area contributed by atoms with Crippen LogP contribution in [0.5, 0.6) is 0 Å². The number of rotatable bonds is 4. The number of hydrogen-bond donors (Lipinski definition) is 1. The SMILES string of the molecule is C=C[C@](O)(Cc1ccccc1)[C@@]12CCCC[C@@H]1O2. The molecule has 1 aliphatic carbocycles. The third-order valence-corrected chi connectivity index (χ3v) is 4.47. The van der Waals surface area contributed by atoms with Gasteiger partial charge in [0.15, 0.2) is 0 Å². The predicted octanol–water partition coefficient (Wildman–Crippen LogP) is 2.86. The van der Waals surface area contributed by atoms with Gasteiger partial charge in [0.25, 0.3) is 0 Å². The Kier molecular flexibility index (Phi) is 2.80. The molecule has 96 valence electrons.